The minimum Gasteiger partial charge on any atom is -0.385 e. The van der Waals surface area contributed by atoms with E-state index in [4.69, 9.17) is 4.74 Å². The van der Waals surface area contributed by atoms with E-state index in [2.05, 4.69) is 33.7 Å². The van der Waals surface area contributed by atoms with Gasteiger partial charge in [0.05, 0.1) is 17.1 Å². The summed E-state index contributed by atoms with van der Waals surface area (Å²) in [6.07, 6.45) is 2.47. The van der Waals surface area contributed by atoms with E-state index in [1.165, 1.54) is 5.56 Å². The number of aryl methyl sites for hydroxylation is 2. The first-order chi connectivity index (χ1) is 13.1. The first-order valence-electron chi connectivity index (χ1n) is 8.95. The largest absolute Gasteiger partial charge is 0.385 e. The maximum atomic E-state index is 12.9. The number of ether oxygens (including phenoxy) is 1. The molecule has 0 spiro atoms. The van der Waals surface area contributed by atoms with Crippen molar-refractivity contribution < 1.29 is 4.74 Å². The fourth-order valence-electron chi connectivity index (χ4n) is 2.89. The second-order valence-corrected chi connectivity index (χ2v) is 6.49. The molecule has 0 amide bonds. The summed E-state index contributed by atoms with van der Waals surface area (Å²) in [6.45, 7) is 5.16. The fraction of sp³-hybridized carbons (Fsp3) is 0.286. The number of aromatic nitrogens is 2. The Balaban J connectivity index is 1.94. The number of hydrazone groups is 1. The number of nitrogens with one attached hydrogen (secondary N) is 1. The van der Waals surface area contributed by atoms with Gasteiger partial charge in [-0.05, 0) is 43.5 Å². The van der Waals surface area contributed by atoms with Gasteiger partial charge < -0.3 is 4.74 Å². The zero-order chi connectivity index (χ0) is 19.2. The first kappa shape index (κ1) is 18.8. The number of hydrogen-bond donors (Lipinski definition) is 1. The molecule has 2 aromatic carbocycles. The minimum atomic E-state index is -0.0823. The van der Waals surface area contributed by atoms with Crippen molar-refractivity contribution in [1.82, 2.24) is 9.55 Å². The van der Waals surface area contributed by atoms with Crippen molar-refractivity contribution in [2.75, 3.05) is 19.1 Å². The van der Waals surface area contributed by atoms with Gasteiger partial charge in [-0.25, -0.2) is 10.4 Å². The van der Waals surface area contributed by atoms with Crippen LogP contribution in [-0.4, -0.2) is 29.5 Å². The molecule has 1 N–H and O–H groups in total. The van der Waals surface area contributed by atoms with Crippen molar-refractivity contribution in [3.63, 3.8) is 0 Å². The summed E-state index contributed by atoms with van der Waals surface area (Å²) >= 11 is 0. The lowest BCUT2D eigenvalue weighted by Gasteiger charge is -2.12. The minimum absolute atomic E-state index is 0.0823. The smallest absolute Gasteiger partial charge is 0.262 e. The highest BCUT2D eigenvalue weighted by Gasteiger charge is 2.10. The average Bonchev–Trinajstić information content (AvgIpc) is 2.67. The van der Waals surface area contributed by atoms with Crippen LogP contribution in [0.5, 0.6) is 0 Å². The van der Waals surface area contributed by atoms with Crippen LogP contribution in [0.15, 0.2) is 52.4 Å². The second-order valence-electron chi connectivity index (χ2n) is 6.49. The molecule has 0 fully saturated rings. The van der Waals surface area contributed by atoms with E-state index in [0.717, 1.165) is 11.1 Å². The van der Waals surface area contributed by atoms with E-state index < -0.39 is 0 Å². The zero-order valence-electron chi connectivity index (χ0n) is 15.9. The van der Waals surface area contributed by atoms with Gasteiger partial charge in [0.15, 0.2) is 0 Å². The molecule has 0 radical (unpaired) electrons. The molecular formula is C21H24N4O2. The van der Waals surface area contributed by atoms with E-state index in [9.17, 15) is 4.79 Å². The van der Waals surface area contributed by atoms with Gasteiger partial charge in [-0.2, -0.15) is 5.10 Å². The number of nitrogens with zero attached hydrogens (tertiary/aromatic N) is 3. The quantitative estimate of drug-likeness (QED) is 0.396. The van der Waals surface area contributed by atoms with Crippen molar-refractivity contribution in [3.8, 4) is 0 Å². The molecule has 6 heteroatoms. The fourth-order valence-corrected chi connectivity index (χ4v) is 2.89. The van der Waals surface area contributed by atoms with Crippen LogP contribution >= 0.6 is 0 Å². The standard InChI is InChI=1S/C21H24N4O2/c1-15-9-10-16(2)17(13-15)14-22-24-21-23-19-8-5-4-7-18(19)20(26)25(21)11-6-12-27-3/h4-5,7-10,13-14H,6,11-12H2,1-3H3,(H,23,24)/b22-14-. The lowest BCUT2D eigenvalue weighted by Crippen LogP contribution is -2.25. The molecule has 0 unspecified atom stereocenters. The van der Waals surface area contributed by atoms with E-state index >= 15 is 0 Å². The average molecular weight is 364 g/mol. The molecule has 0 aliphatic heterocycles. The first-order valence-corrected chi connectivity index (χ1v) is 8.95. The van der Waals surface area contributed by atoms with Crippen LogP contribution < -0.4 is 11.0 Å². The Morgan fingerprint density at radius 3 is 2.85 bits per heavy atom. The summed E-state index contributed by atoms with van der Waals surface area (Å²) in [7, 11) is 1.65. The predicted octanol–water partition coefficient (Wildman–Crippen LogP) is 3.50. The molecule has 0 saturated heterocycles. The lowest BCUT2D eigenvalue weighted by molar-refractivity contribution is 0.190. The Bertz CT molecular complexity index is 1020. The molecule has 0 saturated carbocycles. The highest BCUT2D eigenvalue weighted by Crippen LogP contribution is 2.12. The van der Waals surface area contributed by atoms with E-state index in [-0.39, 0.29) is 5.56 Å². The number of rotatable bonds is 7. The highest BCUT2D eigenvalue weighted by atomic mass is 16.5. The van der Waals surface area contributed by atoms with Crippen LogP contribution in [0.25, 0.3) is 10.9 Å². The maximum Gasteiger partial charge on any atom is 0.262 e. The normalized spacial score (nSPS) is 11.4. The summed E-state index contributed by atoms with van der Waals surface area (Å²) in [5.41, 5.74) is 6.84. The third kappa shape index (κ3) is 4.41. The summed E-state index contributed by atoms with van der Waals surface area (Å²) in [6, 6.07) is 13.5. The summed E-state index contributed by atoms with van der Waals surface area (Å²) in [5.74, 6) is 0.427. The van der Waals surface area contributed by atoms with E-state index in [1.54, 1.807) is 24.0 Å². The van der Waals surface area contributed by atoms with Crippen LogP contribution in [-0.2, 0) is 11.3 Å². The van der Waals surface area contributed by atoms with Gasteiger partial charge in [-0.15, -0.1) is 0 Å². The molecule has 1 aromatic heterocycles. The summed E-state index contributed by atoms with van der Waals surface area (Å²) in [4.78, 5) is 17.4. The zero-order valence-corrected chi connectivity index (χ0v) is 15.9. The molecule has 0 atom stereocenters. The monoisotopic (exact) mass is 364 g/mol. The number of anilines is 1. The van der Waals surface area contributed by atoms with Gasteiger partial charge in [0.1, 0.15) is 0 Å². The Morgan fingerprint density at radius 1 is 1.22 bits per heavy atom. The van der Waals surface area contributed by atoms with Gasteiger partial charge in [0.2, 0.25) is 5.95 Å². The molecule has 3 aromatic rings. The van der Waals surface area contributed by atoms with Gasteiger partial charge in [-0.3, -0.25) is 9.36 Å². The van der Waals surface area contributed by atoms with Crippen molar-refractivity contribution in [2.24, 2.45) is 5.10 Å². The van der Waals surface area contributed by atoms with E-state index in [0.29, 0.717) is 36.4 Å². The Kier molecular flexibility index (Phi) is 5.98. The Hall–Kier alpha value is -2.99. The van der Waals surface area contributed by atoms with Crippen LogP contribution in [0, 0.1) is 13.8 Å². The van der Waals surface area contributed by atoms with Crippen molar-refractivity contribution >= 4 is 23.1 Å². The van der Waals surface area contributed by atoms with Gasteiger partial charge in [0, 0.05) is 20.3 Å². The van der Waals surface area contributed by atoms with Crippen molar-refractivity contribution in [3.05, 3.63) is 69.5 Å². The van der Waals surface area contributed by atoms with Crippen molar-refractivity contribution in [1.29, 1.82) is 0 Å². The highest BCUT2D eigenvalue weighted by molar-refractivity contribution is 5.82. The molecule has 140 valence electrons. The number of benzene rings is 2. The molecule has 6 nitrogen and oxygen atoms in total. The van der Waals surface area contributed by atoms with Gasteiger partial charge in [-0.1, -0.05) is 35.9 Å². The number of hydrogen-bond acceptors (Lipinski definition) is 5. The third-order valence-electron chi connectivity index (χ3n) is 4.39. The molecule has 27 heavy (non-hydrogen) atoms. The van der Waals surface area contributed by atoms with Crippen LogP contribution in [0.3, 0.4) is 0 Å². The van der Waals surface area contributed by atoms with Crippen LogP contribution in [0.2, 0.25) is 0 Å². The summed E-state index contributed by atoms with van der Waals surface area (Å²) < 4.78 is 6.72. The molecule has 3 rings (SSSR count). The number of methoxy groups -OCH3 is 1. The lowest BCUT2D eigenvalue weighted by atomic mass is 10.1. The topological polar surface area (TPSA) is 68.5 Å². The Labute approximate surface area is 158 Å². The van der Waals surface area contributed by atoms with E-state index in [1.807, 2.05) is 32.0 Å². The molecule has 0 aliphatic carbocycles. The Morgan fingerprint density at radius 2 is 2.04 bits per heavy atom. The van der Waals surface area contributed by atoms with Gasteiger partial charge >= 0.3 is 0 Å². The van der Waals surface area contributed by atoms with Crippen LogP contribution in [0.1, 0.15) is 23.1 Å². The maximum absolute atomic E-state index is 12.9. The molecule has 1 heterocycles. The summed E-state index contributed by atoms with van der Waals surface area (Å²) in [5, 5.41) is 4.92. The number of fused-ring (bicyclic) bond motifs is 1. The predicted molar refractivity (Wildman–Crippen MR) is 110 cm³/mol. The number of para-hydroxylation sites is 1. The molecule has 0 bridgehead atoms. The van der Waals surface area contributed by atoms with Crippen LogP contribution in [0.4, 0.5) is 5.95 Å². The van der Waals surface area contributed by atoms with Crippen molar-refractivity contribution in [2.45, 2.75) is 26.8 Å². The second kappa shape index (κ2) is 8.60. The third-order valence-corrected chi connectivity index (χ3v) is 4.39. The van der Waals surface area contributed by atoms with Gasteiger partial charge in [0.25, 0.3) is 5.56 Å². The molecule has 0 aliphatic rings. The SMILES string of the molecule is COCCCn1c(N/N=C\c2cc(C)ccc2C)nc2ccccc2c1=O. The molecular weight excluding hydrogens is 340 g/mol.